The molecule has 0 amide bonds. The van der Waals surface area contributed by atoms with Crippen molar-refractivity contribution in [1.82, 2.24) is 0 Å². The molecular formula is C31H54O16S. The lowest BCUT2D eigenvalue weighted by atomic mass is 10.4. The van der Waals surface area contributed by atoms with E-state index in [1.54, 1.807) is 18.2 Å². The van der Waals surface area contributed by atoms with Crippen LogP contribution >= 0.6 is 0 Å². The molecule has 1 aromatic carbocycles. The Bertz CT molecular complexity index is 938. The summed E-state index contributed by atoms with van der Waals surface area (Å²) in [6.07, 6.45) is 0. The average Bonchev–Trinajstić information content (AvgIpc) is 3.10. The minimum atomic E-state index is -3.76. The van der Waals surface area contributed by atoms with Crippen LogP contribution in [0.25, 0.3) is 0 Å². The van der Waals surface area contributed by atoms with E-state index >= 15 is 0 Å². The predicted molar refractivity (Wildman–Crippen MR) is 171 cm³/mol. The maximum Gasteiger partial charge on any atom is 0.331 e. The van der Waals surface area contributed by atoms with Gasteiger partial charge in [-0.3, -0.25) is 4.18 Å². The molecule has 48 heavy (non-hydrogen) atoms. The number of rotatable bonds is 37. The number of carbonyl (C=O) groups excluding carboxylic acids is 1. The van der Waals surface area contributed by atoms with Crippen molar-refractivity contribution in [3.8, 4) is 0 Å². The van der Waals surface area contributed by atoms with E-state index in [4.69, 9.17) is 56.3 Å². The van der Waals surface area contributed by atoms with Crippen LogP contribution in [0.1, 0.15) is 0 Å². The van der Waals surface area contributed by atoms with Crippen molar-refractivity contribution in [2.45, 2.75) is 4.90 Å². The Balaban J connectivity index is 1.66. The van der Waals surface area contributed by atoms with E-state index in [0.29, 0.717) is 132 Å². The molecule has 0 aliphatic rings. The van der Waals surface area contributed by atoms with Gasteiger partial charge in [-0.2, -0.15) is 8.42 Å². The van der Waals surface area contributed by atoms with Gasteiger partial charge >= 0.3 is 5.97 Å². The normalized spacial score (nSPS) is 11.7. The van der Waals surface area contributed by atoms with Crippen LogP contribution in [0.15, 0.2) is 35.2 Å². The molecule has 0 saturated carbocycles. The maximum atomic E-state index is 12.0. The number of esters is 1. The van der Waals surface area contributed by atoms with Gasteiger partial charge in [0.15, 0.2) is 0 Å². The number of ether oxygens (including phenoxy) is 12. The van der Waals surface area contributed by atoms with Gasteiger partial charge in [-0.15, -0.1) is 0 Å². The minimum absolute atomic E-state index is 0.0636. The van der Waals surface area contributed by atoms with Crippen LogP contribution in [0.2, 0.25) is 0 Å². The summed E-state index contributed by atoms with van der Waals surface area (Å²) in [6, 6.07) is 7.96. The molecule has 0 heterocycles. The molecule has 0 bridgehead atoms. The minimum Gasteiger partial charge on any atom is -0.467 e. The van der Waals surface area contributed by atoms with E-state index in [1.165, 1.54) is 19.2 Å². The fourth-order valence-corrected chi connectivity index (χ4v) is 4.19. The summed E-state index contributed by atoms with van der Waals surface area (Å²) < 4.78 is 92.5. The summed E-state index contributed by atoms with van der Waals surface area (Å²) in [7, 11) is -2.45. The first kappa shape index (κ1) is 44.2. The molecule has 0 fully saturated rings. The van der Waals surface area contributed by atoms with Gasteiger partial charge in [-0.1, -0.05) is 18.2 Å². The second-order valence-corrected chi connectivity index (χ2v) is 11.0. The standard InChI is InChI=1S/C31H54O16S/c1-35-31(32)29-46-26-25-44-22-21-42-18-17-40-14-13-38-10-9-36-7-8-37-11-12-39-15-16-41-19-20-43-23-24-45-27-28-47-48(33,34)30-5-3-2-4-6-30/h2-6H,7-29H2,1H3. The third-order valence-electron chi connectivity index (χ3n) is 5.67. The molecule has 0 saturated heterocycles. The van der Waals surface area contributed by atoms with Crippen molar-refractivity contribution in [1.29, 1.82) is 0 Å². The SMILES string of the molecule is COC(=O)COCCOCCOCCOCCOCCOCCOCCOCCOCCOCCOCCOS(=O)(=O)c1ccccc1. The molecular weight excluding hydrogens is 660 g/mol. The Labute approximate surface area is 284 Å². The first-order valence-corrected chi connectivity index (χ1v) is 17.3. The third kappa shape index (κ3) is 29.1. The molecule has 16 nitrogen and oxygen atoms in total. The maximum absolute atomic E-state index is 12.0. The highest BCUT2D eigenvalue weighted by Gasteiger charge is 2.13. The highest BCUT2D eigenvalue weighted by Crippen LogP contribution is 2.10. The van der Waals surface area contributed by atoms with E-state index in [0.717, 1.165) is 0 Å². The zero-order valence-electron chi connectivity index (χ0n) is 28.1. The smallest absolute Gasteiger partial charge is 0.331 e. The highest BCUT2D eigenvalue weighted by atomic mass is 32.2. The van der Waals surface area contributed by atoms with Gasteiger partial charge in [-0.25, -0.2) is 4.79 Å². The van der Waals surface area contributed by atoms with Crippen LogP contribution in [0, 0.1) is 0 Å². The van der Waals surface area contributed by atoms with Gasteiger partial charge in [0.1, 0.15) is 6.61 Å². The first-order chi connectivity index (χ1) is 23.6. The van der Waals surface area contributed by atoms with Crippen molar-refractivity contribution >= 4 is 16.1 Å². The molecule has 1 aromatic rings. The van der Waals surface area contributed by atoms with Crippen LogP contribution in [-0.2, 0) is 75.9 Å². The second-order valence-electron chi connectivity index (χ2n) is 9.34. The van der Waals surface area contributed by atoms with Gasteiger partial charge in [0.05, 0.1) is 157 Å². The third-order valence-corrected chi connectivity index (χ3v) is 6.99. The highest BCUT2D eigenvalue weighted by molar-refractivity contribution is 7.86. The molecule has 0 N–H and O–H groups in total. The molecule has 0 aromatic heterocycles. The van der Waals surface area contributed by atoms with Crippen molar-refractivity contribution < 1.29 is 74.2 Å². The fraction of sp³-hybridized carbons (Fsp3) is 0.774. The molecule has 0 unspecified atom stereocenters. The van der Waals surface area contributed by atoms with Crippen molar-refractivity contribution in [2.24, 2.45) is 0 Å². The molecule has 17 heteroatoms. The van der Waals surface area contributed by atoms with Crippen LogP contribution in [0.3, 0.4) is 0 Å². The van der Waals surface area contributed by atoms with Crippen LogP contribution in [0.4, 0.5) is 0 Å². The monoisotopic (exact) mass is 714 g/mol. The summed E-state index contributed by atoms with van der Waals surface area (Å²) in [5.74, 6) is -0.415. The number of benzene rings is 1. The van der Waals surface area contributed by atoms with Crippen molar-refractivity contribution in [2.75, 3.05) is 159 Å². The Morgan fingerprint density at radius 3 is 1.00 bits per heavy atom. The lowest BCUT2D eigenvalue weighted by Crippen LogP contribution is -2.16. The quantitative estimate of drug-likeness (QED) is 0.0537. The fourth-order valence-electron chi connectivity index (χ4n) is 3.27. The van der Waals surface area contributed by atoms with Gasteiger partial charge in [0.2, 0.25) is 0 Å². The zero-order chi connectivity index (χ0) is 34.6. The van der Waals surface area contributed by atoms with E-state index in [-0.39, 0.29) is 24.7 Å². The van der Waals surface area contributed by atoms with Crippen LogP contribution in [0.5, 0.6) is 0 Å². The number of hydrogen-bond acceptors (Lipinski definition) is 16. The Morgan fingerprint density at radius 1 is 0.438 bits per heavy atom. The lowest BCUT2D eigenvalue weighted by Gasteiger charge is -2.09. The lowest BCUT2D eigenvalue weighted by molar-refractivity contribution is -0.146. The summed E-state index contributed by atoms with van der Waals surface area (Å²) in [5, 5.41) is 0. The number of carbonyl (C=O) groups is 1. The summed E-state index contributed by atoms with van der Waals surface area (Å²) in [5.41, 5.74) is 0. The van der Waals surface area contributed by atoms with E-state index < -0.39 is 16.1 Å². The van der Waals surface area contributed by atoms with Crippen molar-refractivity contribution in [3.63, 3.8) is 0 Å². The van der Waals surface area contributed by atoms with E-state index in [9.17, 15) is 13.2 Å². The summed E-state index contributed by atoms with van der Waals surface area (Å²) in [6.45, 7) is 8.72. The Morgan fingerprint density at radius 2 is 0.708 bits per heavy atom. The predicted octanol–water partition coefficient (Wildman–Crippen LogP) is 0.748. The van der Waals surface area contributed by atoms with Crippen LogP contribution in [-0.4, -0.2) is 173 Å². The molecule has 280 valence electrons. The van der Waals surface area contributed by atoms with Crippen molar-refractivity contribution in [3.05, 3.63) is 30.3 Å². The zero-order valence-corrected chi connectivity index (χ0v) is 28.9. The van der Waals surface area contributed by atoms with Gasteiger partial charge < -0.3 is 56.8 Å². The van der Waals surface area contributed by atoms with Gasteiger partial charge in [-0.05, 0) is 12.1 Å². The topological polar surface area (TPSA) is 171 Å². The van der Waals surface area contributed by atoms with E-state index in [1.807, 2.05) is 0 Å². The molecule has 0 aliphatic carbocycles. The Hall–Kier alpha value is -1.84. The summed E-state index contributed by atoms with van der Waals surface area (Å²) >= 11 is 0. The average molecular weight is 715 g/mol. The van der Waals surface area contributed by atoms with Gasteiger partial charge in [0.25, 0.3) is 10.1 Å². The molecule has 1 rings (SSSR count). The van der Waals surface area contributed by atoms with Crippen LogP contribution < -0.4 is 0 Å². The first-order valence-electron chi connectivity index (χ1n) is 15.9. The number of hydrogen-bond donors (Lipinski definition) is 0. The molecule has 0 radical (unpaired) electrons. The number of methoxy groups -OCH3 is 1. The van der Waals surface area contributed by atoms with E-state index in [2.05, 4.69) is 4.74 Å². The van der Waals surface area contributed by atoms with Gasteiger partial charge in [0, 0.05) is 0 Å². The second kappa shape index (κ2) is 33.6. The largest absolute Gasteiger partial charge is 0.467 e. The molecule has 0 atom stereocenters. The summed E-state index contributed by atoms with van der Waals surface area (Å²) in [4.78, 5) is 11.0. The molecule has 0 spiro atoms. The Kier molecular flexibility index (Phi) is 31.0. The molecule has 0 aliphatic heterocycles.